The molecule has 0 spiro atoms. The molecule has 0 fully saturated rings. The number of benzene rings is 1. The minimum absolute atomic E-state index is 0.0316. The van der Waals surface area contributed by atoms with E-state index in [0.717, 1.165) is 6.42 Å². The average Bonchev–Trinajstić information content (AvgIpc) is 2.33. The molecule has 0 saturated heterocycles. The number of hydrogen-bond acceptors (Lipinski definition) is 1. The topological polar surface area (TPSA) is 12.0 Å². The normalized spacial score (nSPS) is 14.7. The molecule has 96 valence electrons. The number of rotatable bonds is 5. The first-order valence-electron chi connectivity index (χ1n) is 5.37. The van der Waals surface area contributed by atoms with E-state index >= 15 is 0 Å². The minimum Gasteiger partial charge on any atom is -0.306 e. The Morgan fingerprint density at radius 1 is 1.41 bits per heavy atom. The Labute approximate surface area is 114 Å². The van der Waals surface area contributed by atoms with Crippen molar-refractivity contribution in [3.8, 4) is 0 Å². The molecule has 1 N–H and O–H groups in total. The molecule has 1 unspecified atom stereocenters. The highest BCUT2D eigenvalue weighted by Crippen LogP contribution is 2.22. The fourth-order valence-corrected chi connectivity index (χ4v) is 1.95. The summed E-state index contributed by atoms with van der Waals surface area (Å²) in [4.78, 5) is 0. The van der Waals surface area contributed by atoms with Gasteiger partial charge in [0.25, 0.3) is 0 Å². The molecule has 1 rings (SSSR count). The van der Waals surface area contributed by atoms with Gasteiger partial charge in [-0.3, -0.25) is 0 Å². The van der Waals surface area contributed by atoms with Crippen LogP contribution in [0.1, 0.15) is 25.8 Å². The van der Waals surface area contributed by atoms with Crippen LogP contribution in [0.25, 0.3) is 0 Å². The van der Waals surface area contributed by atoms with Crippen molar-refractivity contribution in [3.05, 3.63) is 33.8 Å². The molecule has 17 heavy (non-hydrogen) atoms. The van der Waals surface area contributed by atoms with Crippen molar-refractivity contribution in [2.24, 2.45) is 0 Å². The summed E-state index contributed by atoms with van der Waals surface area (Å²) in [6.45, 7) is 4.02. The van der Waals surface area contributed by atoms with Crippen molar-refractivity contribution in [2.75, 3.05) is 5.88 Å². The van der Waals surface area contributed by atoms with Gasteiger partial charge < -0.3 is 5.32 Å². The lowest BCUT2D eigenvalue weighted by Gasteiger charge is -2.27. The predicted molar refractivity (Wildman–Crippen MR) is 70.3 cm³/mol. The standard InChI is InChI=1S/C12H15BrClF2N/c1-3-12(2,7-14)17-6-8-10(15)5-4-9(13)11(8)16/h4-5,17H,3,6-7H2,1-2H3. The maximum Gasteiger partial charge on any atom is 0.144 e. The Morgan fingerprint density at radius 2 is 2.06 bits per heavy atom. The van der Waals surface area contributed by atoms with E-state index in [0.29, 0.717) is 5.88 Å². The second kappa shape index (κ2) is 6.12. The second-order valence-corrected chi connectivity index (χ2v) is 5.34. The Balaban J connectivity index is 2.86. The number of hydrogen-bond donors (Lipinski definition) is 1. The third-order valence-corrected chi connectivity index (χ3v) is 4.11. The van der Waals surface area contributed by atoms with Crippen molar-refractivity contribution in [1.29, 1.82) is 0 Å². The molecule has 5 heteroatoms. The minimum atomic E-state index is -0.564. The molecular formula is C12H15BrClF2N. The van der Waals surface area contributed by atoms with Crippen LogP contribution in [0.5, 0.6) is 0 Å². The smallest absolute Gasteiger partial charge is 0.144 e. The van der Waals surface area contributed by atoms with Crippen molar-refractivity contribution in [2.45, 2.75) is 32.4 Å². The Morgan fingerprint density at radius 3 is 2.59 bits per heavy atom. The maximum atomic E-state index is 13.7. The lowest BCUT2D eigenvalue weighted by atomic mass is 10.0. The predicted octanol–water partition coefficient (Wildman–Crippen LogP) is 4.22. The van der Waals surface area contributed by atoms with Gasteiger partial charge in [0.15, 0.2) is 0 Å². The van der Waals surface area contributed by atoms with Gasteiger partial charge in [-0.25, -0.2) is 8.78 Å². The van der Waals surface area contributed by atoms with E-state index in [2.05, 4.69) is 21.2 Å². The van der Waals surface area contributed by atoms with Crippen LogP contribution in [0.15, 0.2) is 16.6 Å². The SMILES string of the molecule is CCC(C)(CCl)NCc1c(F)ccc(Br)c1F. The van der Waals surface area contributed by atoms with E-state index in [9.17, 15) is 8.78 Å². The summed E-state index contributed by atoms with van der Waals surface area (Å²) < 4.78 is 27.4. The third-order valence-electron chi connectivity index (χ3n) is 2.91. The quantitative estimate of drug-likeness (QED) is 0.631. The van der Waals surface area contributed by atoms with E-state index < -0.39 is 11.6 Å². The molecule has 0 aliphatic heterocycles. The average molecular weight is 327 g/mol. The van der Waals surface area contributed by atoms with Crippen molar-refractivity contribution >= 4 is 27.5 Å². The van der Waals surface area contributed by atoms with Crippen molar-refractivity contribution < 1.29 is 8.78 Å². The van der Waals surface area contributed by atoms with Gasteiger partial charge in [0.1, 0.15) is 11.6 Å². The fraction of sp³-hybridized carbons (Fsp3) is 0.500. The molecule has 1 atom stereocenters. The van der Waals surface area contributed by atoms with E-state index in [1.807, 2.05) is 13.8 Å². The Hall–Kier alpha value is -0.190. The molecule has 0 amide bonds. The Kier molecular flexibility index (Phi) is 5.35. The highest BCUT2D eigenvalue weighted by atomic mass is 79.9. The van der Waals surface area contributed by atoms with Crippen LogP contribution in [0.2, 0.25) is 0 Å². The summed E-state index contributed by atoms with van der Waals surface area (Å²) in [6.07, 6.45) is 0.785. The van der Waals surface area contributed by atoms with Gasteiger partial charge in [-0.05, 0) is 41.4 Å². The lowest BCUT2D eigenvalue weighted by molar-refractivity contribution is 0.371. The lowest BCUT2D eigenvalue weighted by Crippen LogP contribution is -2.43. The Bertz CT molecular complexity index is 394. The number of halogens is 4. The molecule has 0 aromatic heterocycles. The zero-order chi connectivity index (χ0) is 13.1. The van der Waals surface area contributed by atoms with Crippen LogP contribution in [-0.4, -0.2) is 11.4 Å². The first kappa shape index (κ1) is 14.9. The zero-order valence-electron chi connectivity index (χ0n) is 9.79. The summed E-state index contributed by atoms with van der Waals surface area (Å²) in [5.74, 6) is -0.724. The molecule has 0 saturated carbocycles. The van der Waals surface area contributed by atoms with Gasteiger partial charge in [-0.1, -0.05) is 6.92 Å². The number of alkyl halides is 1. The molecule has 1 nitrogen and oxygen atoms in total. The van der Waals surface area contributed by atoms with Crippen LogP contribution in [0.4, 0.5) is 8.78 Å². The van der Waals surface area contributed by atoms with Gasteiger partial charge in [-0.2, -0.15) is 0 Å². The highest BCUT2D eigenvalue weighted by molar-refractivity contribution is 9.10. The van der Waals surface area contributed by atoms with Crippen molar-refractivity contribution in [3.63, 3.8) is 0 Å². The fourth-order valence-electron chi connectivity index (χ4n) is 1.30. The summed E-state index contributed by atoms with van der Waals surface area (Å²) in [5.41, 5.74) is -0.285. The van der Waals surface area contributed by atoms with Crippen LogP contribution in [0.3, 0.4) is 0 Å². The first-order valence-corrected chi connectivity index (χ1v) is 6.69. The second-order valence-electron chi connectivity index (χ2n) is 4.22. The third kappa shape index (κ3) is 3.63. The summed E-state index contributed by atoms with van der Waals surface area (Å²) >= 11 is 8.87. The van der Waals surface area contributed by atoms with Crippen LogP contribution < -0.4 is 5.32 Å². The van der Waals surface area contributed by atoms with Gasteiger partial charge >= 0.3 is 0 Å². The maximum absolute atomic E-state index is 13.7. The molecule has 0 radical (unpaired) electrons. The molecule has 0 aliphatic rings. The number of nitrogens with one attached hydrogen (secondary N) is 1. The highest BCUT2D eigenvalue weighted by Gasteiger charge is 2.21. The van der Waals surface area contributed by atoms with Gasteiger partial charge in [0.2, 0.25) is 0 Å². The van der Waals surface area contributed by atoms with E-state index in [1.165, 1.54) is 12.1 Å². The van der Waals surface area contributed by atoms with Crippen LogP contribution in [0, 0.1) is 11.6 Å². The zero-order valence-corrected chi connectivity index (χ0v) is 12.1. The molecule has 1 aromatic carbocycles. The summed E-state index contributed by atoms with van der Waals surface area (Å²) in [6, 6.07) is 2.60. The molecular weight excluding hydrogens is 311 g/mol. The molecule has 1 aromatic rings. The first-order chi connectivity index (χ1) is 7.93. The van der Waals surface area contributed by atoms with Crippen LogP contribution >= 0.6 is 27.5 Å². The molecule has 0 heterocycles. The largest absolute Gasteiger partial charge is 0.306 e. The molecule has 0 bridgehead atoms. The monoisotopic (exact) mass is 325 g/mol. The van der Waals surface area contributed by atoms with E-state index in [1.54, 1.807) is 0 Å². The van der Waals surface area contributed by atoms with Gasteiger partial charge in [0.05, 0.1) is 4.47 Å². The van der Waals surface area contributed by atoms with Gasteiger partial charge in [0, 0.05) is 23.5 Å². The van der Waals surface area contributed by atoms with E-state index in [4.69, 9.17) is 11.6 Å². The van der Waals surface area contributed by atoms with E-state index in [-0.39, 0.29) is 22.1 Å². The van der Waals surface area contributed by atoms with Crippen LogP contribution in [-0.2, 0) is 6.54 Å². The summed E-state index contributed by atoms with van der Waals surface area (Å²) in [7, 11) is 0. The summed E-state index contributed by atoms with van der Waals surface area (Å²) in [5, 5.41) is 3.09. The van der Waals surface area contributed by atoms with Gasteiger partial charge in [-0.15, -0.1) is 11.6 Å². The molecule has 0 aliphatic carbocycles. The van der Waals surface area contributed by atoms with Crippen molar-refractivity contribution in [1.82, 2.24) is 5.32 Å².